The number of sulfonamides is 1. The minimum atomic E-state index is -3.67. The van der Waals surface area contributed by atoms with Gasteiger partial charge in [0.1, 0.15) is 13.2 Å². The third-order valence-electron chi connectivity index (χ3n) is 4.35. The van der Waals surface area contributed by atoms with Gasteiger partial charge in [0.25, 0.3) is 0 Å². The predicted molar refractivity (Wildman–Crippen MR) is 80.6 cm³/mol. The Morgan fingerprint density at radius 1 is 1.14 bits per heavy atom. The lowest BCUT2D eigenvalue weighted by atomic mass is 9.93. The zero-order chi connectivity index (χ0) is 15.7. The summed E-state index contributed by atoms with van der Waals surface area (Å²) in [6.07, 6.45) is 2.59. The number of nitrogens with zero attached hydrogens (tertiary/aromatic N) is 1. The van der Waals surface area contributed by atoms with Crippen molar-refractivity contribution in [3.05, 3.63) is 18.2 Å². The summed E-state index contributed by atoms with van der Waals surface area (Å²) < 4.78 is 37.7. The molecule has 0 bridgehead atoms. The van der Waals surface area contributed by atoms with Crippen LogP contribution in [0.4, 0.5) is 0 Å². The zero-order valence-electron chi connectivity index (χ0n) is 12.6. The van der Waals surface area contributed by atoms with Crippen LogP contribution in [-0.4, -0.2) is 50.2 Å². The summed E-state index contributed by atoms with van der Waals surface area (Å²) in [7, 11) is -2.13. The second kappa shape index (κ2) is 6.06. The van der Waals surface area contributed by atoms with Crippen molar-refractivity contribution in [2.24, 2.45) is 0 Å². The highest BCUT2D eigenvalue weighted by Gasteiger charge is 2.34. The molecule has 0 amide bonds. The monoisotopic (exact) mass is 327 g/mol. The number of hydrogen-bond donors (Lipinski definition) is 1. The average molecular weight is 327 g/mol. The quantitative estimate of drug-likeness (QED) is 0.908. The summed E-state index contributed by atoms with van der Waals surface area (Å²) in [5.74, 6) is 1.01. The number of hydrogen-bond acceptors (Lipinski definition) is 5. The summed E-state index contributed by atoms with van der Waals surface area (Å²) in [6, 6.07) is 4.27. The van der Waals surface area contributed by atoms with Crippen LogP contribution in [0.2, 0.25) is 0 Å². The van der Waals surface area contributed by atoms with Gasteiger partial charge in [-0.25, -0.2) is 8.42 Å². The van der Waals surface area contributed by atoms with Gasteiger partial charge in [-0.05, 0) is 25.0 Å². The Balaban J connectivity index is 1.88. The van der Waals surface area contributed by atoms with E-state index >= 15 is 0 Å². The highest BCUT2D eigenvalue weighted by Crippen LogP contribution is 2.34. The molecular formula is C15H21NO5S. The SMILES string of the molecule is CN([C@H]1CCCC[C@H]1O)S(=O)(=O)c1ccc2c(c1)OCCO2. The maximum absolute atomic E-state index is 12.8. The van der Waals surface area contributed by atoms with Crippen LogP contribution in [0.3, 0.4) is 0 Å². The molecule has 1 fully saturated rings. The van der Waals surface area contributed by atoms with Gasteiger partial charge in [0.15, 0.2) is 11.5 Å². The number of ether oxygens (including phenoxy) is 2. The fourth-order valence-electron chi connectivity index (χ4n) is 3.04. The van der Waals surface area contributed by atoms with Crippen LogP contribution in [0.1, 0.15) is 25.7 Å². The van der Waals surface area contributed by atoms with Crippen molar-refractivity contribution < 1.29 is 23.0 Å². The van der Waals surface area contributed by atoms with Crippen LogP contribution < -0.4 is 9.47 Å². The van der Waals surface area contributed by atoms with Crippen molar-refractivity contribution in [3.8, 4) is 11.5 Å². The number of rotatable bonds is 3. The fourth-order valence-corrected chi connectivity index (χ4v) is 4.48. The van der Waals surface area contributed by atoms with Gasteiger partial charge in [-0.2, -0.15) is 4.31 Å². The first kappa shape index (κ1) is 15.6. The van der Waals surface area contributed by atoms with Crippen molar-refractivity contribution >= 4 is 10.0 Å². The Bertz CT molecular complexity index is 645. The fraction of sp³-hybridized carbons (Fsp3) is 0.600. The molecule has 1 saturated carbocycles. The molecule has 1 N–H and O–H groups in total. The van der Waals surface area contributed by atoms with Gasteiger partial charge < -0.3 is 14.6 Å². The Morgan fingerprint density at radius 2 is 1.82 bits per heavy atom. The third-order valence-corrected chi connectivity index (χ3v) is 6.23. The third kappa shape index (κ3) is 2.80. The Hall–Kier alpha value is -1.31. The first-order chi connectivity index (χ1) is 10.5. The van der Waals surface area contributed by atoms with E-state index in [1.165, 1.54) is 23.5 Å². The number of aliphatic hydroxyl groups excluding tert-OH is 1. The van der Waals surface area contributed by atoms with E-state index in [4.69, 9.17) is 9.47 Å². The predicted octanol–water partition coefficient (Wildman–Crippen LogP) is 1.38. The molecule has 22 heavy (non-hydrogen) atoms. The van der Waals surface area contributed by atoms with Gasteiger partial charge in [-0.15, -0.1) is 0 Å². The highest BCUT2D eigenvalue weighted by molar-refractivity contribution is 7.89. The van der Waals surface area contributed by atoms with Crippen LogP contribution >= 0.6 is 0 Å². The van der Waals surface area contributed by atoms with E-state index < -0.39 is 16.1 Å². The second-order valence-electron chi connectivity index (χ2n) is 5.75. The van der Waals surface area contributed by atoms with Crippen LogP contribution in [0, 0.1) is 0 Å². The number of benzene rings is 1. The van der Waals surface area contributed by atoms with Gasteiger partial charge in [0.05, 0.1) is 17.0 Å². The maximum Gasteiger partial charge on any atom is 0.243 e. The summed E-state index contributed by atoms with van der Waals surface area (Å²) in [4.78, 5) is 0.164. The Labute approximate surface area is 130 Å². The Morgan fingerprint density at radius 3 is 2.55 bits per heavy atom. The molecule has 1 heterocycles. The van der Waals surface area contributed by atoms with E-state index in [0.717, 1.165) is 12.8 Å². The lowest BCUT2D eigenvalue weighted by Crippen LogP contribution is -2.46. The van der Waals surface area contributed by atoms with E-state index in [9.17, 15) is 13.5 Å². The highest BCUT2D eigenvalue weighted by atomic mass is 32.2. The van der Waals surface area contributed by atoms with E-state index in [1.54, 1.807) is 6.07 Å². The lowest BCUT2D eigenvalue weighted by molar-refractivity contribution is 0.0638. The smallest absolute Gasteiger partial charge is 0.243 e. The van der Waals surface area contributed by atoms with Crippen molar-refractivity contribution in [2.45, 2.75) is 42.7 Å². The molecule has 0 radical (unpaired) electrons. The molecule has 3 rings (SSSR count). The summed E-state index contributed by atoms with van der Waals surface area (Å²) in [6.45, 7) is 0.876. The first-order valence-electron chi connectivity index (χ1n) is 7.56. The number of likely N-dealkylation sites (N-methyl/N-ethyl adjacent to an activating group) is 1. The maximum atomic E-state index is 12.8. The molecule has 0 aromatic heterocycles. The van der Waals surface area contributed by atoms with Gasteiger partial charge in [0.2, 0.25) is 10.0 Å². The lowest BCUT2D eigenvalue weighted by Gasteiger charge is -2.34. The average Bonchev–Trinajstić information content (AvgIpc) is 2.54. The molecule has 0 saturated heterocycles. The van der Waals surface area contributed by atoms with Gasteiger partial charge in [-0.1, -0.05) is 12.8 Å². The summed E-state index contributed by atoms with van der Waals surface area (Å²) in [5.41, 5.74) is 0. The van der Waals surface area contributed by atoms with Gasteiger partial charge in [-0.3, -0.25) is 0 Å². The van der Waals surface area contributed by atoms with Crippen molar-refractivity contribution in [1.82, 2.24) is 4.31 Å². The second-order valence-corrected chi connectivity index (χ2v) is 7.74. The molecule has 122 valence electrons. The molecule has 0 unspecified atom stereocenters. The van der Waals surface area contributed by atoms with E-state index in [0.29, 0.717) is 37.6 Å². The molecule has 2 aliphatic rings. The van der Waals surface area contributed by atoms with Crippen LogP contribution in [0.5, 0.6) is 11.5 Å². The minimum absolute atomic E-state index is 0.164. The normalized spacial score (nSPS) is 25.2. The largest absolute Gasteiger partial charge is 0.486 e. The molecule has 1 aliphatic heterocycles. The standard InChI is InChI=1S/C15H21NO5S/c1-16(12-4-2-3-5-13(12)17)22(18,19)11-6-7-14-15(10-11)21-9-8-20-14/h6-7,10,12-13,17H,2-5,8-9H2,1H3/t12-,13+/m0/s1. The minimum Gasteiger partial charge on any atom is -0.486 e. The van der Waals surface area contributed by atoms with E-state index in [1.807, 2.05) is 0 Å². The van der Waals surface area contributed by atoms with Crippen molar-refractivity contribution in [3.63, 3.8) is 0 Å². The van der Waals surface area contributed by atoms with Crippen LogP contribution in [0.15, 0.2) is 23.1 Å². The number of aliphatic hydroxyl groups is 1. The summed E-state index contributed by atoms with van der Waals surface area (Å²) in [5, 5.41) is 10.1. The van der Waals surface area contributed by atoms with Gasteiger partial charge >= 0.3 is 0 Å². The molecule has 0 spiro atoms. The number of fused-ring (bicyclic) bond motifs is 1. The zero-order valence-corrected chi connectivity index (χ0v) is 13.4. The molecule has 2 atom stereocenters. The molecule has 1 aliphatic carbocycles. The van der Waals surface area contributed by atoms with Crippen molar-refractivity contribution in [2.75, 3.05) is 20.3 Å². The van der Waals surface area contributed by atoms with E-state index in [-0.39, 0.29) is 10.9 Å². The Kier molecular flexibility index (Phi) is 4.29. The van der Waals surface area contributed by atoms with Crippen LogP contribution in [0.25, 0.3) is 0 Å². The molecule has 1 aromatic rings. The summed E-state index contributed by atoms with van der Waals surface area (Å²) >= 11 is 0. The topological polar surface area (TPSA) is 76.1 Å². The van der Waals surface area contributed by atoms with Gasteiger partial charge in [0, 0.05) is 13.1 Å². The van der Waals surface area contributed by atoms with Crippen LogP contribution in [-0.2, 0) is 10.0 Å². The first-order valence-corrected chi connectivity index (χ1v) is 9.00. The molecule has 6 nitrogen and oxygen atoms in total. The van der Waals surface area contributed by atoms with E-state index in [2.05, 4.69) is 0 Å². The van der Waals surface area contributed by atoms with Crippen molar-refractivity contribution in [1.29, 1.82) is 0 Å². The molecule has 7 heteroatoms. The molecular weight excluding hydrogens is 306 g/mol. The molecule has 1 aromatic carbocycles.